The first-order chi connectivity index (χ1) is 6.59. The molecule has 0 aromatic carbocycles. The Hall–Kier alpha value is -0.350. The lowest BCUT2D eigenvalue weighted by molar-refractivity contribution is -0.117. The molecule has 0 atom stereocenters. The fourth-order valence-corrected chi connectivity index (χ4v) is 2.53. The highest BCUT2D eigenvalue weighted by molar-refractivity contribution is 9.11. The topological polar surface area (TPSA) is 20.3 Å². The van der Waals surface area contributed by atoms with Crippen molar-refractivity contribution in [3.63, 3.8) is 0 Å². The predicted molar refractivity (Wildman–Crippen MR) is 65.2 cm³/mol. The zero-order valence-corrected chi connectivity index (χ0v) is 10.8. The summed E-state index contributed by atoms with van der Waals surface area (Å²) in [6.07, 6.45) is 1.61. The van der Waals surface area contributed by atoms with E-state index in [-0.39, 0.29) is 5.78 Å². The monoisotopic (exact) mass is 275 g/mol. The minimum atomic E-state index is 0.269. The number of halogens is 1. The molecule has 0 bridgehead atoms. The Labute approximate surface area is 97.1 Å². The van der Waals surface area contributed by atoms with Crippen LogP contribution in [0.15, 0.2) is 15.9 Å². The molecule has 0 saturated carbocycles. The van der Waals surface area contributed by atoms with Crippen LogP contribution in [-0.2, 0) is 4.79 Å². The summed E-state index contributed by atoms with van der Waals surface area (Å²) >= 11 is 5.14. The normalized spacial score (nSPS) is 10.2. The van der Waals surface area contributed by atoms with Crippen molar-refractivity contribution in [2.45, 2.75) is 19.8 Å². The van der Waals surface area contributed by atoms with E-state index in [1.54, 1.807) is 18.3 Å². The second kappa shape index (κ2) is 5.51. The quantitative estimate of drug-likeness (QED) is 0.822. The van der Waals surface area contributed by atoms with Crippen LogP contribution in [0.3, 0.4) is 0 Å². The van der Waals surface area contributed by atoms with Gasteiger partial charge in [0, 0.05) is 20.0 Å². The molecule has 0 aliphatic rings. The number of Topliss-reactive ketones (excluding diaryl/α,β-unsaturated/α-hetero) is 1. The zero-order chi connectivity index (χ0) is 10.6. The Morgan fingerprint density at radius 1 is 1.57 bits per heavy atom. The van der Waals surface area contributed by atoms with Gasteiger partial charge in [0.2, 0.25) is 0 Å². The minimum Gasteiger partial charge on any atom is -0.366 e. The Kier molecular flexibility index (Phi) is 4.62. The largest absolute Gasteiger partial charge is 0.366 e. The van der Waals surface area contributed by atoms with Crippen LogP contribution >= 0.6 is 27.3 Å². The van der Waals surface area contributed by atoms with Gasteiger partial charge >= 0.3 is 0 Å². The second-order valence-corrected chi connectivity index (χ2v) is 5.75. The van der Waals surface area contributed by atoms with Gasteiger partial charge in [-0.05, 0) is 41.4 Å². The first kappa shape index (κ1) is 11.7. The number of hydrogen-bond acceptors (Lipinski definition) is 3. The van der Waals surface area contributed by atoms with Crippen molar-refractivity contribution in [3.8, 4) is 0 Å². The number of hydrogen-bond donors (Lipinski definition) is 0. The van der Waals surface area contributed by atoms with E-state index in [1.807, 2.05) is 6.07 Å². The summed E-state index contributed by atoms with van der Waals surface area (Å²) in [6, 6.07) is 4.13. The standard InChI is InChI=1S/C10H14BrNOS/c1-8(13)4-3-7-12(2)10-6-5-9(11)14-10/h5-6H,3-4,7H2,1-2H3. The number of nitrogens with zero attached hydrogens (tertiary/aromatic N) is 1. The maximum atomic E-state index is 10.7. The van der Waals surface area contributed by atoms with Gasteiger partial charge in [0.1, 0.15) is 5.78 Å². The van der Waals surface area contributed by atoms with E-state index >= 15 is 0 Å². The third-order valence-electron chi connectivity index (χ3n) is 1.96. The van der Waals surface area contributed by atoms with E-state index in [4.69, 9.17) is 0 Å². The summed E-state index contributed by atoms with van der Waals surface area (Å²) < 4.78 is 1.14. The number of anilines is 1. The molecule has 0 fully saturated rings. The van der Waals surface area contributed by atoms with Crippen LogP contribution in [0.5, 0.6) is 0 Å². The second-order valence-electron chi connectivity index (χ2n) is 3.30. The van der Waals surface area contributed by atoms with Gasteiger partial charge in [0.25, 0.3) is 0 Å². The van der Waals surface area contributed by atoms with Gasteiger partial charge in [0.15, 0.2) is 0 Å². The van der Waals surface area contributed by atoms with Gasteiger partial charge in [-0.2, -0.15) is 0 Å². The maximum absolute atomic E-state index is 10.7. The minimum absolute atomic E-state index is 0.269. The van der Waals surface area contributed by atoms with Crippen LogP contribution < -0.4 is 4.90 Å². The molecule has 14 heavy (non-hydrogen) atoms. The van der Waals surface area contributed by atoms with Crippen LogP contribution in [0.1, 0.15) is 19.8 Å². The number of carbonyl (C=O) groups excluding carboxylic acids is 1. The summed E-state index contributed by atoms with van der Waals surface area (Å²) in [5.74, 6) is 0.269. The molecule has 1 aromatic rings. The summed E-state index contributed by atoms with van der Waals surface area (Å²) in [4.78, 5) is 12.9. The van der Waals surface area contributed by atoms with E-state index in [2.05, 4.69) is 33.9 Å². The van der Waals surface area contributed by atoms with Gasteiger partial charge in [-0.15, -0.1) is 11.3 Å². The van der Waals surface area contributed by atoms with Crippen molar-refractivity contribution in [2.24, 2.45) is 0 Å². The van der Waals surface area contributed by atoms with Crippen LogP contribution in [0.4, 0.5) is 5.00 Å². The molecule has 0 unspecified atom stereocenters. The summed E-state index contributed by atoms with van der Waals surface area (Å²) in [5, 5.41) is 1.24. The fourth-order valence-electron chi connectivity index (χ4n) is 1.19. The molecule has 0 N–H and O–H groups in total. The molecule has 1 rings (SSSR count). The first-order valence-electron chi connectivity index (χ1n) is 4.55. The smallest absolute Gasteiger partial charge is 0.129 e. The van der Waals surface area contributed by atoms with Crippen molar-refractivity contribution < 1.29 is 4.79 Å². The lowest BCUT2D eigenvalue weighted by Crippen LogP contribution is -2.17. The Bertz CT molecular complexity index is 311. The highest BCUT2D eigenvalue weighted by Gasteiger charge is 2.03. The molecule has 1 aromatic heterocycles. The zero-order valence-electron chi connectivity index (χ0n) is 8.42. The van der Waals surface area contributed by atoms with Crippen molar-refractivity contribution in [1.82, 2.24) is 0 Å². The highest BCUT2D eigenvalue weighted by Crippen LogP contribution is 2.29. The number of carbonyl (C=O) groups is 1. The van der Waals surface area contributed by atoms with Gasteiger partial charge in [0.05, 0.1) is 8.79 Å². The lowest BCUT2D eigenvalue weighted by Gasteiger charge is -2.15. The maximum Gasteiger partial charge on any atom is 0.129 e. The first-order valence-corrected chi connectivity index (χ1v) is 6.16. The number of rotatable bonds is 5. The van der Waals surface area contributed by atoms with E-state index in [1.165, 1.54) is 5.00 Å². The summed E-state index contributed by atoms with van der Waals surface area (Å²) in [7, 11) is 2.05. The van der Waals surface area contributed by atoms with Gasteiger partial charge in [-0.25, -0.2) is 0 Å². The van der Waals surface area contributed by atoms with Crippen LogP contribution in [0, 0.1) is 0 Å². The van der Waals surface area contributed by atoms with E-state index < -0.39 is 0 Å². The Morgan fingerprint density at radius 2 is 2.29 bits per heavy atom. The van der Waals surface area contributed by atoms with Crippen molar-refractivity contribution in [1.29, 1.82) is 0 Å². The molecule has 78 valence electrons. The molecule has 0 aliphatic carbocycles. The number of thiophene rings is 1. The van der Waals surface area contributed by atoms with Crippen molar-refractivity contribution in [2.75, 3.05) is 18.5 Å². The Morgan fingerprint density at radius 3 is 2.79 bits per heavy atom. The molecule has 0 radical (unpaired) electrons. The average Bonchev–Trinajstić information content (AvgIpc) is 2.51. The molecule has 4 heteroatoms. The van der Waals surface area contributed by atoms with Crippen LogP contribution in [0.2, 0.25) is 0 Å². The lowest BCUT2D eigenvalue weighted by atomic mass is 10.2. The fraction of sp³-hybridized carbons (Fsp3) is 0.500. The highest BCUT2D eigenvalue weighted by atomic mass is 79.9. The summed E-state index contributed by atoms with van der Waals surface area (Å²) in [6.45, 7) is 2.58. The SMILES string of the molecule is CC(=O)CCCN(C)c1ccc(Br)s1. The van der Waals surface area contributed by atoms with E-state index in [9.17, 15) is 4.79 Å². The van der Waals surface area contributed by atoms with Gasteiger partial charge in [-0.1, -0.05) is 0 Å². The Balaban J connectivity index is 2.35. The van der Waals surface area contributed by atoms with E-state index in [0.717, 1.165) is 16.8 Å². The predicted octanol–water partition coefficient (Wildman–Crippen LogP) is 3.32. The molecule has 0 saturated heterocycles. The van der Waals surface area contributed by atoms with E-state index in [0.29, 0.717) is 6.42 Å². The molecule has 2 nitrogen and oxygen atoms in total. The third-order valence-corrected chi connectivity index (χ3v) is 3.70. The van der Waals surface area contributed by atoms with Gasteiger partial charge < -0.3 is 9.69 Å². The van der Waals surface area contributed by atoms with Crippen LogP contribution in [0.25, 0.3) is 0 Å². The average molecular weight is 276 g/mol. The van der Waals surface area contributed by atoms with Crippen molar-refractivity contribution in [3.05, 3.63) is 15.9 Å². The molecule has 0 amide bonds. The third kappa shape index (κ3) is 3.80. The number of ketones is 1. The summed E-state index contributed by atoms with van der Waals surface area (Å²) in [5.41, 5.74) is 0. The molecule has 1 heterocycles. The molecular weight excluding hydrogens is 262 g/mol. The molecular formula is C10H14BrNOS. The van der Waals surface area contributed by atoms with Crippen LogP contribution in [-0.4, -0.2) is 19.4 Å². The molecule has 0 aliphatic heterocycles. The van der Waals surface area contributed by atoms with Crippen molar-refractivity contribution >= 4 is 38.1 Å². The van der Waals surface area contributed by atoms with Gasteiger partial charge in [-0.3, -0.25) is 0 Å². The molecule has 0 spiro atoms.